The first kappa shape index (κ1) is 17.0. The summed E-state index contributed by atoms with van der Waals surface area (Å²) in [5.74, 6) is -0.606. The second-order valence-electron chi connectivity index (χ2n) is 6.21. The van der Waals surface area contributed by atoms with Gasteiger partial charge in [-0.25, -0.2) is 0 Å². The molecule has 1 saturated heterocycles. The topological polar surface area (TPSA) is 70.1 Å². The van der Waals surface area contributed by atoms with Crippen LogP contribution in [-0.4, -0.2) is 40.8 Å². The number of amides is 1. The second-order valence-corrected chi connectivity index (χ2v) is 6.21. The van der Waals surface area contributed by atoms with Crippen molar-refractivity contribution in [2.24, 2.45) is 0 Å². The van der Waals surface area contributed by atoms with E-state index in [0.717, 1.165) is 38.6 Å². The minimum absolute atomic E-state index is 0.0169. The van der Waals surface area contributed by atoms with Gasteiger partial charge < -0.3 is 14.7 Å². The molecule has 2 heterocycles. The van der Waals surface area contributed by atoms with Gasteiger partial charge in [-0.2, -0.15) is 0 Å². The van der Waals surface area contributed by atoms with Crippen LogP contribution >= 0.6 is 0 Å². The van der Waals surface area contributed by atoms with Crippen molar-refractivity contribution in [3.8, 4) is 0 Å². The predicted molar refractivity (Wildman–Crippen MR) is 83.3 cm³/mol. The molecular weight excluding hydrogens is 282 g/mol. The van der Waals surface area contributed by atoms with Gasteiger partial charge in [-0.05, 0) is 18.9 Å². The molecule has 0 radical (unpaired) electrons. The number of fused-ring (bicyclic) bond motifs is 1. The molecular formula is C17H27NO4. The Morgan fingerprint density at radius 2 is 1.64 bits per heavy atom. The Labute approximate surface area is 132 Å². The van der Waals surface area contributed by atoms with Crippen LogP contribution in [0.5, 0.6) is 0 Å². The van der Waals surface area contributed by atoms with E-state index >= 15 is 0 Å². The number of carboxylic acids is 1. The van der Waals surface area contributed by atoms with Crippen molar-refractivity contribution in [1.82, 2.24) is 4.90 Å². The van der Waals surface area contributed by atoms with Crippen molar-refractivity contribution in [2.75, 3.05) is 6.54 Å². The normalized spacial score (nSPS) is 22.7. The Bertz CT molecular complexity index is 407. The second kappa shape index (κ2) is 8.93. The van der Waals surface area contributed by atoms with Gasteiger partial charge in [0.05, 0.1) is 0 Å². The Balaban J connectivity index is 1.37. The summed E-state index contributed by atoms with van der Waals surface area (Å²) < 4.78 is 5.40. The maximum absolute atomic E-state index is 11.7. The lowest BCUT2D eigenvalue weighted by molar-refractivity contribution is -0.137. The number of carbonyl (C=O) groups is 2. The third-order valence-electron chi connectivity index (χ3n) is 4.31. The highest BCUT2D eigenvalue weighted by Crippen LogP contribution is 2.31. The van der Waals surface area contributed by atoms with Crippen LogP contribution in [0, 0.1) is 0 Å². The molecule has 0 aromatic rings. The molecule has 0 aromatic carbocycles. The lowest BCUT2D eigenvalue weighted by Gasteiger charge is -2.20. The van der Waals surface area contributed by atoms with E-state index < -0.39 is 5.97 Å². The zero-order valence-corrected chi connectivity index (χ0v) is 13.2. The van der Waals surface area contributed by atoms with Crippen molar-refractivity contribution in [2.45, 2.75) is 76.5 Å². The zero-order chi connectivity index (χ0) is 15.8. The Kier molecular flexibility index (Phi) is 6.90. The van der Waals surface area contributed by atoms with Crippen LogP contribution in [0.25, 0.3) is 0 Å². The summed E-state index contributed by atoms with van der Waals surface area (Å²) in [6, 6.07) is 0. The zero-order valence-electron chi connectivity index (χ0n) is 13.2. The monoisotopic (exact) mass is 309 g/mol. The molecule has 2 rings (SSSR count). The fourth-order valence-corrected chi connectivity index (χ4v) is 2.94. The molecule has 22 heavy (non-hydrogen) atoms. The summed E-state index contributed by atoms with van der Waals surface area (Å²) in [6.07, 6.45) is 14.0. The summed E-state index contributed by atoms with van der Waals surface area (Å²) in [5, 5.41) is 8.53. The van der Waals surface area contributed by atoms with Gasteiger partial charge in [0.1, 0.15) is 6.10 Å². The first-order valence-corrected chi connectivity index (χ1v) is 8.54. The first-order chi connectivity index (χ1) is 10.7. The van der Waals surface area contributed by atoms with Crippen LogP contribution in [0.1, 0.15) is 64.2 Å². The van der Waals surface area contributed by atoms with E-state index in [0.29, 0.717) is 6.42 Å². The highest BCUT2D eigenvalue weighted by Gasteiger charge is 2.46. The van der Waals surface area contributed by atoms with Crippen molar-refractivity contribution in [1.29, 1.82) is 0 Å². The van der Waals surface area contributed by atoms with E-state index in [2.05, 4.69) is 0 Å². The number of epoxide rings is 1. The van der Waals surface area contributed by atoms with Gasteiger partial charge in [-0.15, -0.1) is 0 Å². The number of hydrogen-bond donors (Lipinski definition) is 1. The predicted octanol–water partition coefficient (Wildman–Crippen LogP) is 3.10. The van der Waals surface area contributed by atoms with Crippen molar-refractivity contribution in [3.63, 3.8) is 0 Å². The van der Waals surface area contributed by atoms with Crippen molar-refractivity contribution >= 4 is 11.9 Å². The van der Waals surface area contributed by atoms with E-state index in [-0.39, 0.29) is 18.2 Å². The van der Waals surface area contributed by atoms with E-state index in [1.54, 1.807) is 6.08 Å². The van der Waals surface area contributed by atoms with Gasteiger partial charge in [-0.1, -0.05) is 44.9 Å². The molecule has 2 aliphatic rings. The molecule has 1 N–H and O–H groups in total. The maximum Gasteiger partial charge on any atom is 0.303 e. The van der Waals surface area contributed by atoms with Gasteiger partial charge in [0.2, 0.25) is 5.91 Å². The van der Waals surface area contributed by atoms with Gasteiger partial charge in [0, 0.05) is 19.0 Å². The number of rotatable bonds is 12. The number of carboxylic acid groups (broad SMARTS) is 1. The molecule has 0 aliphatic carbocycles. The molecule has 2 atom stereocenters. The molecule has 5 heteroatoms. The van der Waals surface area contributed by atoms with E-state index in [1.165, 1.54) is 25.7 Å². The Hall–Kier alpha value is -1.36. The molecule has 5 nitrogen and oxygen atoms in total. The summed E-state index contributed by atoms with van der Waals surface area (Å²) in [4.78, 5) is 23.9. The largest absolute Gasteiger partial charge is 0.481 e. The lowest BCUT2D eigenvalue weighted by atomic mass is 10.1. The van der Waals surface area contributed by atoms with Crippen molar-refractivity contribution < 1.29 is 19.4 Å². The maximum atomic E-state index is 11.7. The smallest absolute Gasteiger partial charge is 0.303 e. The average Bonchev–Trinajstić information content (AvgIpc) is 3.26. The third-order valence-corrected chi connectivity index (χ3v) is 4.31. The number of nitrogens with zero attached hydrogens (tertiary/aromatic N) is 1. The molecule has 0 saturated carbocycles. The molecule has 1 fully saturated rings. The number of hydrogen-bond acceptors (Lipinski definition) is 3. The van der Waals surface area contributed by atoms with Crippen molar-refractivity contribution in [3.05, 3.63) is 12.2 Å². The van der Waals surface area contributed by atoms with Crippen LogP contribution in [0.2, 0.25) is 0 Å². The molecule has 2 aliphatic heterocycles. The fourth-order valence-electron chi connectivity index (χ4n) is 2.94. The summed E-state index contributed by atoms with van der Waals surface area (Å²) in [5.41, 5.74) is 0. The minimum Gasteiger partial charge on any atom is -0.481 e. The lowest BCUT2D eigenvalue weighted by Crippen LogP contribution is -2.36. The summed E-state index contributed by atoms with van der Waals surface area (Å²) in [6.45, 7) is 0.805. The molecule has 0 aromatic heterocycles. The highest BCUT2D eigenvalue weighted by atomic mass is 16.6. The Morgan fingerprint density at radius 1 is 1.05 bits per heavy atom. The van der Waals surface area contributed by atoms with Crippen LogP contribution in [0.3, 0.4) is 0 Å². The van der Waals surface area contributed by atoms with E-state index in [1.807, 2.05) is 11.0 Å². The van der Waals surface area contributed by atoms with E-state index in [9.17, 15) is 9.59 Å². The van der Waals surface area contributed by atoms with Crippen LogP contribution in [0.4, 0.5) is 0 Å². The number of ether oxygens (including phenoxy) is 1. The van der Waals surface area contributed by atoms with Gasteiger partial charge in [-0.3, -0.25) is 9.59 Å². The first-order valence-electron chi connectivity index (χ1n) is 8.54. The number of unbranched alkanes of at least 4 members (excludes halogenated alkanes) is 8. The minimum atomic E-state index is -0.689. The summed E-state index contributed by atoms with van der Waals surface area (Å²) in [7, 11) is 0. The highest BCUT2D eigenvalue weighted by molar-refractivity contribution is 5.89. The third kappa shape index (κ3) is 5.79. The number of aliphatic carboxylic acids is 1. The van der Waals surface area contributed by atoms with Gasteiger partial charge >= 0.3 is 5.97 Å². The fraction of sp³-hybridized carbons (Fsp3) is 0.765. The van der Waals surface area contributed by atoms with Crippen LogP contribution in [-0.2, 0) is 14.3 Å². The quantitative estimate of drug-likeness (QED) is 0.444. The van der Waals surface area contributed by atoms with Gasteiger partial charge in [0.15, 0.2) is 6.23 Å². The standard InChI is InChI=1S/C17H27NO4/c19-15-12-11-14-17(22-14)18(15)13-9-7-5-3-1-2-4-6-8-10-16(20)21/h11-12,14,17H,1-10,13H2,(H,20,21). The van der Waals surface area contributed by atoms with Gasteiger partial charge in [0.25, 0.3) is 0 Å². The van der Waals surface area contributed by atoms with Crippen LogP contribution < -0.4 is 0 Å². The van der Waals surface area contributed by atoms with E-state index in [4.69, 9.17) is 9.84 Å². The van der Waals surface area contributed by atoms with Crippen LogP contribution in [0.15, 0.2) is 12.2 Å². The molecule has 0 bridgehead atoms. The Morgan fingerprint density at radius 3 is 2.27 bits per heavy atom. The molecule has 1 amide bonds. The number of carbonyl (C=O) groups excluding carboxylic acids is 1. The molecule has 124 valence electrons. The molecule has 0 spiro atoms. The average molecular weight is 309 g/mol. The molecule has 2 unspecified atom stereocenters. The summed E-state index contributed by atoms with van der Waals surface area (Å²) >= 11 is 0. The SMILES string of the molecule is O=C(O)CCCCCCCCCCCN1C(=O)C=CC2OC21.